The second kappa shape index (κ2) is 6.10. The van der Waals surface area contributed by atoms with Gasteiger partial charge in [0.2, 0.25) is 0 Å². The van der Waals surface area contributed by atoms with Crippen LogP contribution in [0.1, 0.15) is 38.2 Å². The number of phenolic OH excluding ortho intramolecular Hbond substituents is 1. The minimum atomic E-state index is 0.236. The smallest absolute Gasteiger partial charge is 0.160 e. The highest BCUT2D eigenvalue weighted by atomic mass is 16.5. The molecule has 1 aromatic carbocycles. The summed E-state index contributed by atoms with van der Waals surface area (Å²) in [4.78, 5) is 2.53. The van der Waals surface area contributed by atoms with Gasteiger partial charge in [0.25, 0.3) is 0 Å². The van der Waals surface area contributed by atoms with Crippen molar-refractivity contribution >= 4 is 0 Å². The number of nitrogens with zero attached hydrogens (tertiary/aromatic N) is 1. The highest BCUT2D eigenvalue weighted by Crippen LogP contribution is 2.28. The molecule has 1 unspecified atom stereocenters. The lowest BCUT2D eigenvalue weighted by atomic mass is 9.99. The molecular formula is C15H23NO2. The summed E-state index contributed by atoms with van der Waals surface area (Å²) in [6.07, 6.45) is 5.16. The van der Waals surface area contributed by atoms with E-state index in [1.165, 1.54) is 32.2 Å². The quantitative estimate of drug-likeness (QED) is 0.889. The molecule has 2 rings (SSSR count). The number of aromatic hydroxyl groups is 1. The predicted octanol–water partition coefficient (Wildman–Crippen LogP) is 3.17. The molecule has 1 N–H and O–H groups in total. The molecule has 0 bridgehead atoms. The third-order valence-electron chi connectivity index (χ3n) is 3.85. The Labute approximate surface area is 109 Å². The van der Waals surface area contributed by atoms with E-state index < -0.39 is 0 Å². The standard InChI is InChI=1S/C15H23NO2/c1-3-13-6-4-5-9-16(13)11-12-7-8-15(18-2)14(17)10-12/h7-8,10,13,17H,3-6,9,11H2,1-2H3. The van der Waals surface area contributed by atoms with Crippen LogP contribution in [0.5, 0.6) is 11.5 Å². The van der Waals surface area contributed by atoms with Crippen LogP contribution in [0.2, 0.25) is 0 Å². The number of likely N-dealkylation sites (tertiary alicyclic amines) is 1. The number of rotatable bonds is 4. The monoisotopic (exact) mass is 249 g/mol. The fourth-order valence-corrected chi connectivity index (χ4v) is 2.80. The number of hydrogen-bond donors (Lipinski definition) is 1. The number of benzene rings is 1. The molecule has 1 saturated heterocycles. The Morgan fingerprint density at radius 1 is 1.39 bits per heavy atom. The molecule has 18 heavy (non-hydrogen) atoms. The highest BCUT2D eigenvalue weighted by molar-refractivity contribution is 5.41. The van der Waals surface area contributed by atoms with Crippen molar-refractivity contribution in [3.8, 4) is 11.5 Å². The van der Waals surface area contributed by atoms with E-state index in [-0.39, 0.29) is 5.75 Å². The first kappa shape index (κ1) is 13.2. The first-order chi connectivity index (χ1) is 8.74. The maximum atomic E-state index is 9.80. The second-order valence-corrected chi connectivity index (χ2v) is 5.03. The van der Waals surface area contributed by atoms with Crippen molar-refractivity contribution in [1.82, 2.24) is 4.90 Å². The molecule has 0 amide bonds. The van der Waals surface area contributed by atoms with Crippen LogP contribution in [-0.4, -0.2) is 29.7 Å². The van der Waals surface area contributed by atoms with Crippen LogP contribution in [-0.2, 0) is 6.54 Å². The predicted molar refractivity (Wildman–Crippen MR) is 73.0 cm³/mol. The summed E-state index contributed by atoms with van der Waals surface area (Å²) < 4.78 is 5.07. The molecule has 1 atom stereocenters. The largest absolute Gasteiger partial charge is 0.504 e. The molecule has 100 valence electrons. The van der Waals surface area contributed by atoms with E-state index >= 15 is 0 Å². The summed E-state index contributed by atoms with van der Waals surface area (Å²) in [7, 11) is 1.58. The van der Waals surface area contributed by atoms with E-state index in [1.54, 1.807) is 7.11 Å². The van der Waals surface area contributed by atoms with Gasteiger partial charge in [-0.05, 0) is 43.5 Å². The van der Waals surface area contributed by atoms with E-state index in [9.17, 15) is 5.11 Å². The fraction of sp³-hybridized carbons (Fsp3) is 0.600. The topological polar surface area (TPSA) is 32.7 Å². The Hall–Kier alpha value is -1.22. The third-order valence-corrected chi connectivity index (χ3v) is 3.85. The minimum Gasteiger partial charge on any atom is -0.504 e. The Morgan fingerprint density at radius 2 is 2.22 bits per heavy atom. The molecule has 1 aliphatic rings. The summed E-state index contributed by atoms with van der Waals surface area (Å²) in [5.41, 5.74) is 1.16. The van der Waals surface area contributed by atoms with Gasteiger partial charge in [0, 0.05) is 12.6 Å². The Bertz CT molecular complexity index is 392. The summed E-state index contributed by atoms with van der Waals surface area (Å²) in [6.45, 7) is 4.36. The van der Waals surface area contributed by atoms with Gasteiger partial charge >= 0.3 is 0 Å². The Morgan fingerprint density at radius 3 is 2.89 bits per heavy atom. The SMILES string of the molecule is CCC1CCCCN1Cc1ccc(OC)c(O)c1. The zero-order valence-corrected chi connectivity index (χ0v) is 11.4. The van der Waals surface area contributed by atoms with Crippen LogP contribution in [0.15, 0.2) is 18.2 Å². The van der Waals surface area contributed by atoms with Crippen LogP contribution in [0.3, 0.4) is 0 Å². The molecule has 1 heterocycles. The van der Waals surface area contributed by atoms with E-state index in [2.05, 4.69) is 11.8 Å². The van der Waals surface area contributed by atoms with Crippen LogP contribution in [0.4, 0.5) is 0 Å². The van der Waals surface area contributed by atoms with Gasteiger partial charge < -0.3 is 9.84 Å². The lowest BCUT2D eigenvalue weighted by Gasteiger charge is -2.35. The van der Waals surface area contributed by atoms with Crippen molar-refractivity contribution in [1.29, 1.82) is 0 Å². The minimum absolute atomic E-state index is 0.236. The van der Waals surface area contributed by atoms with Gasteiger partial charge in [-0.25, -0.2) is 0 Å². The van der Waals surface area contributed by atoms with Gasteiger partial charge in [-0.15, -0.1) is 0 Å². The lowest BCUT2D eigenvalue weighted by Crippen LogP contribution is -2.38. The van der Waals surface area contributed by atoms with Gasteiger partial charge in [-0.3, -0.25) is 4.90 Å². The molecule has 3 nitrogen and oxygen atoms in total. The van der Waals surface area contributed by atoms with Gasteiger partial charge in [0.1, 0.15) is 0 Å². The number of piperidine rings is 1. The first-order valence-corrected chi connectivity index (χ1v) is 6.84. The van der Waals surface area contributed by atoms with Gasteiger partial charge in [0.15, 0.2) is 11.5 Å². The van der Waals surface area contributed by atoms with E-state index in [1.807, 2.05) is 18.2 Å². The number of hydrogen-bond acceptors (Lipinski definition) is 3. The van der Waals surface area contributed by atoms with Crippen molar-refractivity contribution in [2.75, 3.05) is 13.7 Å². The van der Waals surface area contributed by atoms with Gasteiger partial charge in [0.05, 0.1) is 7.11 Å². The molecule has 1 fully saturated rings. The average Bonchev–Trinajstić information content (AvgIpc) is 2.39. The maximum Gasteiger partial charge on any atom is 0.160 e. The molecular weight excluding hydrogens is 226 g/mol. The third kappa shape index (κ3) is 2.96. The van der Waals surface area contributed by atoms with E-state index in [0.29, 0.717) is 11.8 Å². The Kier molecular flexibility index (Phi) is 4.48. The molecule has 0 spiro atoms. The lowest BCUT2D eigenvalue weighted by molar-refractivity contribution is 0.136. The van der Waals surface area contributed by atoms with Crippen LogP contribution < -0.4 is 4.74 Å². The maximum absolute atomic E-state index is 9.80. The van der Waals surface area contributed by atoms with E-state index in [4.69, 9.17) is 4.74 Å². The number of phenols is 1. The van der Waals surface area contributed by atoms with E-state index in [0.717, 1.165) is 12.1 Å². The second-order valence-electron chi connectivity index (χ2n) is 5.03. The zero-order chi connectivity index (χ0) is 13.0. The number of methoxy groups -OCH3 is 1. The van der Waals surface area contributed by atoms with Crippen molar-refractivity contribution < 1.29 is 9.84 Å². The van der Waals surface area contributed by atoms with Crippen molar-refractivity contribution in [3.05, 3.63) is 23.8 Å². The van der Waals surface area contributed by atoms with Crippen molar-refractivity contribution in [2.45, 2.75) is 45.2 Å². The number of ether oxygens (including phenoxy) is 1. The first-order valence-electron chi connectivity index (χ1n) is 6.84. The Balaban J connectivity index is 2.05. The summed E-state index contributed by atoms with van der Waals surface area (Å²) >= 11 is 0. The average molecular weight is 249 g/mol. The molecule has 0 aliphatic carbocycles. The van der Waals surface area contributed by atoms with Gasteiger partial charge in [-0.1, -0.05) is 19.4 Å². The normalized spacial score (nSPS) is 20.9. The molecule has 0 saturated carbocycles. The van der Waals surface area contributed by atoms with Crippen LogP contribution in [0.25, 0.3) is 0 Å². The molecule has 3 heteroatoms. The van der Waals surface area contributed by atoms with Crippen LogP contribution >= 0.6 is 0 Å². The summed E-state index contributed by atoms with van der Waals surface area (Å²) in [5.74, 6) is 0.782. The van der Waals surface area contributed by atoms with Crippen molar-refractivity contribution in [2.24, 2.45) is 0 Å². The molecule has 0 radical (unpaired) electrons. The molecule has 1 aliphatic heterocycles. The van der Waals surface area contributed by atoms with Crippen LogP contribution in [0, 0.1) is 0 Å². The summed E-state index contributed by atoms with van der Waals surface area (Å²) in [5, 5.41) is 9.80. The van der Waals surface area contributed by atoms with Crippen molar-refractivity contribution in [3.63, 3.8) is 0 Å². The fourth-order valence-electron chi connectivity index (χ4n) is 2.80. The molecule has 0 aromatic heterocycles. The summed E-state index contributed by atoms with van der Waals surface area (Å²) in [6, 6.07) is 6.40. The van der Waals surface area contributed by atoms with Gasteiger partial charge in [-0.2, -0.15) is 0 Å². The highest BCUT2D eigenvalue weighted by Gasteiger charge is 2.20. The zero-order valence-electron chi connectivity index (χ0n) is 11.4. The molecule has 1 aromatic rings.